The van der Waals surface area contributed by atoms with Crippen molar-refractivity contribution < 1.29 is 4.79 Å². The lowest BCUT2D eigenvalue weighted by atomic mass is 10.1. The van der Waals surface area contributed by atoms with E-state index in [1.165, 1.54) is 4.88 Å². The van der Waals surface area contributed by atoms with E-state index in [1.807, 2.05) is 11.4 Å². The zero-order valence-electron chi connectivity index (χ0n) is 8.25. The Bertz CT molecular complexity index is 347. The number of rotatable bonds is 3. The second-order valence-electron chi connectivity index (χ2n) is 3.60. The van der Waals surface area contributed by atoms with Gasteiger partial charge in [0, 0.05) is 15.9 Å². The van der Waals surface area contributed by atoms with Gasteiger partial charge in [0.2, 0.25) is 5.91 Å². The van der Waals surface area contributed by atoms with E-state index in [0.717, 1.165) is 24.0 Å². The number of thiophene rings is 1. The van der Waals surface area contributed by atoms with Gasteiger partial charge in [0.15, 0.2) is 0 Å². The topological polar surface area (TPSA) is 41.1 Å². The Labute approximate surface area is 101 Å². The molecular formula is C10H13BrN2OS. The molecule has 0 spiro atoms. The smallest absolute Gasteiger partial charge is 0.224 e. The lowest BCUT2D eigenvalue weighted by Crippen LogP contribution is -2.31. The summed E-state index contributed by atoms with van der Waals surface area (Å²) in [7, 11) is 0. The highest BCUT2D eigenvalue weighted by Gasteiger charge is 2.21. The molecule has 82 valence electrons. The average molecular weight is 289 g/mol. The Morgan fingerprint density at radius 2 is 2.60 bits per heavy atom. The van der Waals surface area contributed by atoms with Crippen molar-refractivity contribution in [3.8, 4) is 0 Å². The number of hydrogen-bond donors (Lipinski definition) is 2. The minimum atomic E-state index is 0.156. The third-order valence-electron chi connectivity index (χ3n) is 2.55. The van der Waals surface area contributed by atoms with E-state index in [0.29, 0.717) is 6.54 Å². The number of carbonyl (C=O) groups is 1. The molecule has 1 aliphatic heterocycles. The van der Waals surface area contributed by atoms with Crippen LogP contribution in [0.15, 0.2) is 15.9 Å². The molecule has 0 radical (unpaired) electrons. The van der Waals surface area contributed by atoms with Crippen LogP contribution in [-0.4, -0.2) is 19.0 Å². The minimum Gasteiger partial charge on any atom is -0.351 e. The first-order chi connectivity index (χ1) is 7.27. The molecule has 0 aliphatic carbocycles. The number of carbonyl (C=O) groups excluding carboxylic acids is 1. The lowest BCUT2D eigenvalue weighted by Gasteiger charge is -2.08. The molecule has 0 aromatic carbocycles. The van der Waals surface area contributed by atoms with Crippen molar-refractivity contribution in [1.29, 1.82) is 0 Å². The van der Waals surface area contributed by atoms with Gasteiger partial charge in [-0.15, -0.1) is 11.3 Å². The van der Waals surface area contributed by atoms with Crippen LogP contribution < -0.4 is 10.6 Å². The molecule has 2 heterocycles. The van der Waals surface area contributed by atoms with Crippen LogP contribution in [0.2, 0.25) is 0 Å². The zero-order chi connectivity index (χ0) is 10.7. The Kier molecular flexibility index (Phi) is 3.77. The third-order valence-corrected chi connectivity index (χ3v) is 4.47. The Hall–Kier alpha value is -0.390. The van der Waals surface area contributed by atoms with E-state index in [1.54, 1.807) is 11.3 Å². The molecule has 0 saturated carbocycles. The number of amides is 1. The Morgan fingerprint density at radius 3 is 3.20 bits per heavy atom. The highest BCUT2D eigenvalue weighted by atomic mass is 79.9. The van der Waals surface area contributed by atoms with Gasteiger partial charge in [0.05, 0.1) is 12.5 Å². The van der Waals surface area contributed by atoms with Gasteiger partial charge in [-0.05, 0) is 40.3 Å². The standard InChI is InChI=1S/C10H13BrN2OS/c11-8-2-4-15-9(8)6-13-10(14)7-1-3-12-5-7/h2,4,7,12H,1,3,5-6H2,(H,13,14). The summed E-state index contributed by atoms with van der Waals surface area (Å²) in [5.74, 6) is 0.323. The van der Waals surface area contributed by atoms with Gasteiger partial charge in [0.1, 0.15) is 0 Å². The van der Waals surface area contributed by atoms with E-state index in [9.17, 15) is 4.79 Å². The van der Waals surface area contributed by atoms with Gasteiger partial charge in [-0.3, -0.25) is 4.79 Å². The van der Waals surface area contributed by atoms with Crippen LogP contribution >= 0.6 is 27.3 Å². The fraction of sp³-hybridized carbons (Fsp3) is 0.500. The second kappa shape index (κ2) is 5.09. The molecule has 1 aliphatic rings. The number of hydrogen-bond acceptors (Lipinski definition) is 3. The van der Waals surface area contributed by atoms with E-state index in [-0.39, 0.29) is 11.8 Å². The Balaban J connectivity index is 1.83. The summed E-state index contributed by atoms with van der Waals surface area (Å²) in [6.07, 6.45) is 0.956. The molecule has 2 N–H and O–H groups in total. The zero-order valence-corrected chi connectivity index (χ0v) is 10.7. The van der Waals surface area contributed by atoms with Gasteiger partial charge in [-0.25, -0.2) is 0 Å². The van der Waals surface area contributed by atoms with Crippen molar-refractivity contribution >= 4 is 33.2 Å². The molecular weight excluding hydrogens is 276 g/mol. The van der Waals surface area contributed by atoms with Gasteiger partial charge in [-0.1, -0.05) is 0 Å². The van der Waals surface area contributed by atoms with Crippen molar-refractivity contribution in [3.05, 3.63) is 20.8 Å². The molecule has 0 bridgehead atoms. The summed E-state index contributed by atoms with van der Waals surface area (Å²) in [6.45, 7) is 2.41. The fourth-order valence-electron chi connectivity index (χ4n) is 1.64. The first kappa shape index (κ1) is 11.1. The van der Waals surface area contributed by atoms with E-state index in [4.69, 9.17) is 0 Å². The maximum Gasteiger partial charge on any atom is 0.224 e. The quantitative estimate of drug-likeness (QED) is 0.890. The van der Waals surface area contributed by atoms with Crippen LogP contribution in [0.5, 0.6) is 0 Å². The van der Waals surface area contributed by atoms with Gasteiger partial charge in [-0.2, -0.15) is 0 Å². The minimum absolute atomic E-state index is 0.156. The van der Waals surface area contributed by atoms with E-state index >= 15 is 0 Å². The summed E-state index contributed by atoms with van der Waals surface area (Å²) in [6, 6.07) is 2.00. The largest absolute Gasteiger partial charge is 0.351 e. The molecule has 15 heavy (non-hydrogen) atoms. The lowest BCUT2D eigenvalue weighted by molar-refractivity contribution is -0.124. The summed E-state index contributed by atoms with van der Waals surface area (Å²) in [4.78, 5) is 12.9. The fourth-order valence-corrected chi connectivity index (χ4v) is 3.07. The summed E-state index contributed by atoms with van der Waals surface area (Å²) in [5.41, 5.74) is 0. The molecule has 5 heteroatoms. The van der Waals surface area contributed by atoms with Crippen LogP contribution in [0.25, 0.3) is 0 Å². The summed E-state index contributed by atoms with van der Waals surface area (Å²) < 4.78 is 1.08. The summed E-state index contributed by atoms with van der Waals surface area (Å²) in [5, 5.41) is 8.18. The highest BCUT2D eigenvalue weighted by Crippen LogP contribution is 2.22. The van der Waals surface area contributed by atoms with Crippen LogP contribution in [-0.2, 0) is 11.3 Å². The molecule has 2 rings (SSSR count). The molecule has 1 unspecified atom stereocenters. The molecule has 1 fully saturated rings. The first-order valence-corrected chi connectivity index (χ1v) is 6.65. The number of nitrogens with one attached hydrogen (secondary N) is 2. The predicted octanol–water partition coefficient (Wildman–Crippen LogP) is 1.74. The third kappa shape index (κ3) is 2.80. The first-order valence-electron chi connectivity index (χ1n) is 4.97. The molecule has 1 atom stereocenters. The van der Waals surface area contributed by atoms with Crippen LogP contribution in [0.4, 0.5) is 0 Å². The maximum atomic E-state index is 11.7. The van der Waals surface area contributed by atoms with Crippen LogP contribution in [0.1, 0.15) is 11.3 Å². The van der Waals surface area contributed by atoms with Gasteiger partial charge < -0.3 is 10.6 Å². The molecule has 1 aromatic heterocycles. The molecule has 3 nitrogen and oxygen atoms in total. The van der Waals surface area contributed by atoms with Crippen molar-refractivity contribution in [1.82, 2.24) is 10.6 Å². The van der Waals surface area contributed by atoms with Crippen molar-refractivity contribution in [2.75, 3.05) is 13.1 Å². The highest BCUT2D eigenvalue weighted by molar-refractivity contribution is 9.10. The molecule has 1 amide bonds. The number of halogens is 1. The van der Waals surface area contributed by atoms with Crippen molar-refractivity contribution in [2.24, 2.45) is 5.92 Å². The second-order valence-corrected chi connectivity index (χ2v) is 5.45. The van der Waals surface area contributed by atoms with E-state index < -0.39 is 0 Å². The average Bonchev–Trinajstić information content (AvgIpc) is 2.85. The maximum absolute atomic E-state index is 11.7. The van der Waals surface area contributed by atoms with Crippen molar-refractivity contribution in [3.63, 3.8) is 0 Å². The van der Waals surface area contributed by atoms with Gasteiger partial charge in [0.25, 0.3) is 0 Å². The predicted molar refractivity (Wildman–Crippen MR) is 64.8 cm³/mol. The van der Waals surface area contributed by atoms with Crippen molar-refractivity contribution in [2.45, 2.75) is 13.0 Å². The summed E-state index contributed by atoms with van der Waals surface area (Å²) >= 11 is 5.10. The molecule has 1 saturated heterocycles. The Morgan fingerprint density at radius 1 is 1.73 bits per heavy atom. The monoisotopic (exact) mass is 288 g/mol. The normalized spacial score (nSPS) is 20.5. The van der Waals surface area contributed by atoms with Gasteiger partial charge >= 0.3 is 0 Å². The van der Waals surface area contributed by atoms with Crippen LogP contribution in [0.3, 0.4) is 0 Å². The molecule has 1 aromatic rings. The SMILES string of the molecule is O=C(NCc1sccc1Br)C1CCNC1. The van der Waals surface area contributed by atoms with E-state index in [2.05, 4.69) is 26.6 Å². The van der Waals surface area contributed by atoms with Crippen LogP contribution in [0, 0.1) is 5.92 Å².